The van der Waals surface area contributed by atoms with Crippen molar-refractivity contribution in [1.29, 1.82) is 0 Å². The Morgan fingerprint density at radius 1 is 0.829 bits per heavy atom. The molecule has 7 nitrogen and oxygen atoms in total. The Bertz CT molecular complexity index is 1040. The number of carboxylic acids is 1. The molecule has 41 heavy (non-hydrogen) atoms. The van der Waals surface area contributed by atoms with Gasteiger partial charge in [-0.25, -0.2) is 4.79 Å². The van der Waals surface area contributed by atoms with E-state index in [-0.39, 0.29) is 18.2 Å². The van der Waals surface area contributed by atoms with E-state index in [0.29, 0.717) is 37.8 Å². The molecule has 0 aliphatic carbocycles. The van der Waals surface area contributed by atoms with Crippen molar-refractivity contribution in [3.05, 3.63) is 103 Å². The Morgan fingerprint density at radius 3 is 1.90 bits per heavy atom. The van der Waals surface area contributed by atoms with Crippen molar-refractivity contribution in [2.45, 2.75) is 83.6 Å². The van der Waals surface area contributed by atoms with E-state index in [1.807, 2.05) is 12.2 Å². The van der Waals surface area contributed by atoms with Gasteiger partial charge in [0.25, 0.3) is 5.91 Å². The van der Waals surface area contributed by atoms with Crippen molar-refractivity contribution in [2.75, 3.05) is 6.54 Å². The summed E-state index contributed by atoms with van der Waals surface area (Å²) in [5, 5.41) is 14.8. The first-order chi connectivity index (χ1) is 20.0. The van der Waals surface area contributed by atoms with E-state index in [1.165, 1.54) is 6.20 Å². The Morgan fingerprint density at radius 2 is 1.39 bits per heavy atom. The summed E-state index contributed by atoms with van der Waals surface area (Å²) in [4.78, 5) is 39.6. The molecule has 0 spiro atoms. The number of aliphatic carboxylic acids is 1. The monoisotopic (exact) mass is 561 g/mol. The molecule has 0 fully saturated rings. The summed E-state index contributed by atoms with van der Waals surface area (Å²) in [5.41, 5.74) is 0.482. The SMILES string of the molecule is CCC=CCC=CCC=CCC=CCC=CCC=CCCC(=O)NC(CCCCNC(=O)c1cccnc1)C(=O)O. The van der Waals surface area contributed by atoms with Crippen LogP contribution in [0.2, 0.25) is 0 Å². The van der Waals surface area contributed by atoms with Gasteiger partial charge in [0.05, 0.1) is 5.56 Å². The standard InChI is InChI=1S/C34H47N3O4/c1-2-3-4-5-6-7-8-9-10-11-12-13-14-15-16-17-18-19-20-26-32(38)37-31(34(40)41)25-21-22-28-36-33(39)30-24-23-27-35-29-30/h3-4,6-7,9-10,12-13,15-16,18-19,23-24,27,29,31H,2,5,8,11,14,17,20-22,25-26,28H2,1H3,(H,36,39)(H,37,38)(H,40,41). The second-order valence-electron chi connectivity index (χ2n) is 9.41. The third kappa shape index (κ3) is 20.6. The third-order valence-electron chi connectivity index (χ3n) is 5.90. The molecule has 1 rings (SSSR count). The maximum Gasteiger partial charge on any atom is 0.326 e. The number of nitrogens with zero attached hydrogens (tertiary/aromatic N) is 1. The average molecular weight is 562 g/mol. The fourth-order valence-corrected chi connectivity index (χ4v) is 3.65. The fraction of sp³-hybridized carbons (Fsp3) is 0.412. The van der Waals surface area contributed by atoms with Crippen LogP contribution < -0.4 is 10.6 Å². The number of amides is 2. The minimum Gasteiger partial charge on any atom is -0.480 e. The minimum atomic E-state index is -1.05. The molecule has 1 heterocycles. The molecule has 1 atom stereocenters. The van der Waals surface area contributed by atoms with E-state index in [2.05, 4.69) is 83.3 Å². The number of unbranched alkanes of at least 4 members (excludes halogenated alkanes) is 1. The molecule has 0 aliphatic rings. The van der Waals surface area contributed by atoms with Gasteiger partial charge in [-0.1, -0.05) is 79.8 Å². The van der Waals surface area contributed by atoms with Gasteiger partial charge in [0.2, 0.25) is 5.91 Å². The number of hydrogen-bond acceptors (Lipinski definition) is 4. The van der Waals surface area contributed by atoms with Crippen LogP contribution in [0.5, 0.6) is 0 Å². The van der Waals surface area contributed by atoms with Gasteiger partial charge in [-0.15, -0.1) is 0 Å². The number of hydrogen-bond donors (Lipinski definition) is 3. The quantitative estimate of drug-likeness (QED) is 0.104. The van der Waals surface area contributed by atoms with Crippen LogP contribution in [0.1, 0.15) is 87.9 Å². The molecule has 7 heteroatoms. The van der Waals surface area contributed by atoms with Gasteiger partial charge in [0.1, 0.15) is 6.04 Å². The van der Waals surface area contributed by atoms with Crippen molar-refractivity contribution in [1.82, 2.24) is 15.6 Å². The number of nitrogens with one attached hydrogen (secondary N) is 2. The van der Waals surface area contributed by atoms with Gasteiger partial charge in [-0.05, 0) is 76.3 Å². The molecule has 0 bridgehead atoms. The minimum absolute atomic E-state index is 0.212. The largest absolute Gasteiger partial charge is 0.480 e. The molecule has 0 radical (unpaired) electrons. The number of rotatable bonds is 22. The molecular weight excluding hydrogens is 514 g/mol. The summed E-state index contributed by atoms with van der Waals surface area (Å²) >= 11 is 0. The molecule has 1 aromatic rings. The highest BCUT2D eigenvalue weighted by Gasteiger charge is 2.19. The van der Waals surface area contributed by atoms with Gasteiger partial charge in [0.15, 0.2) is 0 Å². The van der Waals surface area contributed by atoms with Crippen LogP contribution in [0, 0.1) is 0 Å². The normalized spacial score (nSPS) is 12.9. The number of pyridine rings is 1. The lowest BCUT2D eigenvalue weighted by Gasteiger charge is -2.14. The van der Waals surface area contributed by atoms with E-state index in [0.717, 1.165) is 38.5 Å². The van der Waals surface area contributed by atoms with Gasteiger partial charge >= 0.3 is 5.97 Å². The molecular formula is C34H47N3O4. The Labute approximate surface area is 245 Å². The Kier molecular flexibility index (Phi) is 21.4. The van der Waals surface area contributed by atoms with Crippen molar-refractivity contribution in [3.8, 4) is 0 Å². The summed E-state index contributed by atoms with van der Waals surface area (Å²) in [7, 11) is 0. The van der Waals surface area contributed by atoms with Crippen LogP contribution in [-0.2, 0) is 9.59 Å². The summed E-state index contributed by atoms with van der Waals surface area (Å²) in [5.74, 6) is -1.54. The number of carbonyl (C=O) groups excluding carboxylic acids is 2. The summed E-state index contributed by atoms with van der Waals surface area (Å²) < 4.78 is 0. The van der Waals surface area contributed by atoms with E-state index < -0.39 is 12.0 Å². The fourth-order valence-electron chi connectivity index (χ4n) is 3.65. The van der Waals surface area contributed by atoms with Crippen LogP contribution in [0.25, 0.3) is 0 Å². The van der Waals surface area contributed by atoms with Crippen LogP contribution in [0.15, 0.2) is 97.4 Å². The Hall–Kier alpha value is -4.00. The zero-order valence-electron chi connectivity index (χ0n) is 24.4. The molecule has 1 aromatic heterocycles. The average Bonchev–Trinajstić information content (AvgIpc) is 2.97. The van der Waals surface area contributed by atoms with Crippen LogP contribution in [0.4, 0.5) is 0 Å². The molecule has 0 saturated carbocycles. The van der Waals surface area contributed by atoms with E-state index in [1.54, 1.807) is 18.3 Å². The second kappa shape index (κ2) is 25.0. The lowest BCUT2D eigenvalue weighted by Crippen LogP contribution is -2.40. The van der Waals surface area contributed by atoms with Gasteiger partial charge < -0.3 is 15.7 Å². The smallest absolute Gasteiger partial charge is 0.326 e. The maximum absolute atomic E-state index is 12.2. The van der Waals surface area contributed by atoms with Crippen molar-refractivity contribution < 1.29 is 19.5 Å². The summed E-state index contributed by atoms with van der Waals surface area (Å²) in [6.07, 6.45) is 36.7. The lowest BCUT2D eigenvalue weighted by molar-refractivity contribution is -0.142. The van der Waals surface area contributed by atoms with Crippen LogP contribution in [-0.4, -0.2) is 40.5 Å². The van der Waals surface area contributed by atoms with Crippen molar-refractivity contribution >= 4 is 17.8 Å². The van der Waals surface area contributed by atoms with Gasteiger partial charge in [-0.2, -0.15) is 0 Å². The number of allylic oxidation sites excluding steroid dienone is 12. The van der Waals surface area contributed by atoms with Crippen LogP contribution in [0.3, 0.4) is 0 Å². The summed E-state index contributed by atoms with van der Waals surface area (Å²) in [6, 6.07) is 2.44. The molecule has 3 N–H and O–H groups in total. The zero-order chi connectivity index (χ0) is 29.8. The van der Waals surface area contributed by atoms with E-state index >= 15 is 0 Å². The summed E-state index contributed by atoms with van der Waals surface area (Å²) in [6.45, 7) is 2.57. The maximum atomic E-state index is 12.2. The first-order valence-corrected chi connectivity index (χ1v) is 14.6. The zero-order valence-corrected chi connectivity index (χ0v) is 24.4. The number of carboxylic acid groups (broad SMARTS) is 1. The third-order valence-corrected chi connectivity index (χ3v) is 5.90. The van der Waals surface area contributed by atoms with E-state index in [4.69, 9.17) is 0 Å². The molecule has 222 valence electrons. The highest BCUT2D eigenvalue weighted by molar-refractivity contribution is 5.93. The van der Waals surface area contributed by atoms with Gasteiger partial charge in [-0.3, -0.25) is 14.6 Å². The first kappa shape index (κ1) is 35.0. The predicted molar refractivity (Wildman–Crippen MR) is 167 cm³/mol. The molecule has 0 aliphatic heterocycles. The topological polar surface area (TPSA) is 108 Å². The molecule has 1 unspecified atom stereocenters. The predicted octanol–water partition coefficient (Wildman–Crippen LogP) is 7.03. The van der Waals surface area contributed by atoms with Gasteiger partial charge in [0, 0.05) is 25.4 Å². The Balaban J connectivity index is 2.09. The van der Waals surface area contributed by atoms with Crippen LogP contribution >= 0.6 is 0 Å². The second-order valence-corrected chi connectivity index (χ2v) is 9.41. The first-order valence-electron chi connectivity index (χ1n) is 14.6. The highest BCUT2D eigenvalue weighted by Crippen LogP contribution is 2.04. The highest BCUT2D eigenvalue weighted by atomic mass is 16.4. The molecule has 0 aromatic carbocycles. The van der Waals surface area contributed by atoms with Crippen molar-refractivity contribution in [3.63, 3.8) is 0 Å². The number of aromatic nitrogens is 1. The number of carbonyl (C=O) groups is 3. The molecule has 0 saturated heterocycles. The van der Waals surface area contributed by atoms with E-state index in [9.17, 15) is 19.5 Å². The molecule has 2 amide bonds. The van der Waals surface area contributed by atoms with Crippen molar-refractivity contribution in [2.24, 2.45) is 0 Å². The lowest BCUT2D eigenvalue weighted by atomic mass is 10.1.